The van der Waals surface area contributed by atoms with E-state index in [2.05, 4.69) is 10.6 Å². The summed E-state index contributed by atoms with van der Waals surface area (Å²) in [5.74, 6) is -0.920. The van der Waals surface area contributed by atoms with Crippen molar-refractivity contribution in [3.8, 4) is 17.2 Å². The normalized spacial score (nSPS) is 11.1. The molecule has 0 saturated carbocycles. The van der Waals surface area contributed by atoms with Crippen LogP contribution in [0.25, 0.3) is 0 Å². The van der Waals surface area contributed by atoms with Crippen LogP contribution in [0.15, 0.2) is 12.1 Å². The topological polar surface area (TPSA) is 112 Å². The number of hydrogen-bond donors (Lipinski definition) is 2. The van der Waals surface area contributed by atoms with Crippen molar-refractivity contribution in [2.75, 3.05) is 34.5 Å². The SMILES string of the molecule is CCCNC(=O)[C@H](C)NC(=O)COC(=O)c1ccc(OC)c(OC)c1OC. The lowest BCUT2D eigenvalue weighted by molar-refractivity contribution is -0.130. The molecular formula is C18H26N2O7. The molecule has 0 spiro atoms. The van der Waals surface area contributed by atoms with E-state index in [1.165, 1.54) is 33.5 Å². The van der Waals surface area contributed by atoms with Crippen molar-refractivity contribution in [1.82, 2.24) is 10.6 Å². The fraction of sp³-hybridized carbons (Fsp3) is 0.500. The highest BCUT2D eigenvalue weighted by atomic mass is 16.5. The van der Waals surface area contributed by atoms with Gasteiger partial charge in [-0.15, -0.1) is 0 Å². The van der Waals surface area contributed by atoms with E-state index in [1.54, 1.807) is 6.92 Å². The Hall–Kier alpha value is -2.97. The smallest absolute Gasteiger partial charge is 0.342 e. The lowest BCUT2D eigenvalue weighted by atomic mass is 10.1. The Bertz CT molecular complexity index is 676. The highest BCUT2D eigenvalue weighted by Crippen LogP contribution is 2.39. The molecule has 0 saturated heterocycles. The van der Waals surface area contributed by atoms with E-state index < -0.39 is 24.5 Å². The van der Waals surface area contributed by atoms with Gasteiger partial charge in [0.1, 0.15) is 11.6 Å². The molecule has 1 aromatic carbocycles. The zero-order chi connectivity index (χ0) is 20.4. The van der Waals surface area contributed by atoms with Crippen LogP contribution in [0.3, 0.4) is 0 Å². The quantitative estimate of drug-likeness (QED) is 0.578. The molecule has 0 aliphatic carbocycles. The summed E-state index contributed by atoms with van der Waals surface area (Å²) < 4.78 is 20.6. The van der Waals surface area contributed by atoms with Gasteiger partial charge in [0.15, 0.2) is 18.1 Å². The predicted molar refractivity (Wildman–Crippen MR) is 97.3 cm³/mol. The minimum atomic E-state index is -0.772. The molecule has 2 amide bonds. The molecule has 150 valence electrons. The highest BCUT2D eigenvalue weighted by Gasteiger charge is 2.23. The van der Waals surface area contributed by atoms with Crippen LogP contribution in [0.4, 0.5) is 0 Å². The number of nitrogens with one attached hydrogen (secondary N) is 2. The van der Waals surface area contributed by atoms with Gasteiger partial charge in [-0.1, -0.05) is 6.92 Å². The number of esters is 1. The zero-order valence-corrected chi connectivity index (χ0v) is 16.2. The monoisotopic (exact) mass is 382 g/mol. The number of carbonyl (C=O) groups is 3. The van der Waals surface area contributed by atoms with Crippen molar-refractivity contribution in [2.45, 2.75) is 26.3 Å². The van der Waals surface area contributed by atoms with Crippen molar-refractivity contribution in [3.05, 3.63) is 17.7 Å². The number of amides is 2. The first kappa shape index (κ1) is 22.1. The van der Waals surface area contributed by atoms with Crippen molar-refractivity contribution in [2.24, 2.45) is 0 Å². The van der Waals surface area contributed by atoms with Crippen LogP contribution in [-0.2, 0) is 14.3 Å². The van der Waals surface area contributed by atoms with E-state index in [1.807, 2.05) is 6.92 Å². The van der Waals surface area contributed by atoms with Crippen LogP contribution in [0, 0.1) is 0 Å². The average Bonchev–Trinajstić information content (AvgIpc) is 2.68. The third kappa shape index (κ3) is 6.05. The van der Waals surface area contributed by atoms with Crippen molar-refractivity contribution < 1.29 is 33.3 Å². The van der Waals surface area contributed by atoms with E-state index in [0.717, 1.165) is 6.42 Å². The summed E-state index contributed by atoms with van der Waals surface area (Å²) in [7, 11) is 4.24. The molecule has 0 fully saturated rings. The summed E-state index contributed by atoms with van der Waals surface area (Å²) >= 11 is 0. The van der Waals surface area contributed by atoms with Crippen molar-refractivity contribution in [1.29, 1.82) is 0 Å². The van der Waals surface area contributed by atoms with Crippen LogP contribution in [0.5, 0.6) is 17.2 Å². The fourth-order valence-corrected chi connectivity index (χ4v) is 2.22. The fourth-order valence-electron chi connectivity index (χ4n) is 2.22. The molecule has 9 heteroatoms. The third-order valence-electron chi connectivity index (χ3n) is 3.58. The zero-order valence-electron chi connectivity index (χ0n) is 16.2. The first-order chi connectivity index (χ1) is 12.9. The Balaban J connectivity index is 2.72. The highest BCUT2D eigenvalue weighted by molar-refractivity contribution is 5.96. The summed E-state index contributed by atoms with van der Waals surface area (Å²) in [5, 5.41) is 5.12. The molecule has 27 heavy (non-hydrogen) atoms. The average molecular weight is 382 g/mol. The molecule has 0 bridgehead atoms. The van der Waals surface area contributed by atoms with Gasteiger partial charge in [0, 0.05) is 6.54 Å². The number of ether oxygens (including phenoxy) is 4. The number of rotatable bonds is 10. The molecule has 1 rings (SSSR count). The minimum absolute atomic E-state index is 0.0803. The number of hydrogen-bond acceptors (Lipinski definition) is 7. The predicted octanol–water partition coefficient (Wildman–Crippen LogP) is 0.900. The Morgan fingerprint density at radius 1 is 1.04 bits per heavy atom. The van der Waals surface area contributed by atoms with Crippen LogP contribution >= 0.6 is 0 Å². The molecule has 0 unspecified atom stereocenters. The maximum Gasteiger partial charge on any atom is 0.342 e. The van der Waals surface area contributed by atoms with Gasteiger partial charge in [-0.25, -0.2) is 4.79 Å². The standard InChI is InChI=1S/C18H26N2O7/c1-6-9-19-17(22)11(2)20-14(21)10-27-18(23)12-7-8-13(24-3)16(26-5)15(12)25-4/h7-8,11H,6,9-10H2,1-5H3,(H,19,22)(H,20,21)/t11-/m0/s1. The lowest BCUT2D eigenvalue weighted by Gasteiger charge is -2.16. The lowest BCUT2D eigenvalue weighted by Crippen LogP contribution is -2.46. The van der Waals surface area contributed by atoms with Crippen LogP contribution in [-0.4, -0.2) is 58.3 Å². The molecule has 1 atom stereocenters. The van der Waals surface area contributed by atoms with Gasteiger partial charge in [0.05, 0.1) is 21.3 Å². The van der Waals surface area contributed by atoms with E-state index in [4.69, 9.17) is 18.9 Å². The molecule has 0 aliphatic rings. The van der Waals surface area contributed by atoms with Crippen molar-refractivity contribution >= 4 is 17.8 Å². The molecule has 1 aromatic rings. The third-order valence-corrected chi connectivity index (χ3v) is 3.58. The largest absolute Gasteiger partial charge is 0.493 e. The second kappa shape index (κ2) is 10.9. The Kier molecular flexibility index (Phi) is 8.91. The Labute approximate surface area is 158 Å². The number of benzene rings is 1. The Morgan fingerprint density at radius 2 is 1.70 bits per heavy atom. The van der Waals surface area contributed by atoms with E-state index in [0.29, 0.717) is 12.3 Å². The van der Waals surface area contributed by atoms with Gasteiger partial charge in [0.25, 0.3) is 5.91 Å². The minimum Gasteiger partial charge on any atom is -0.493 e. The van der Waals surface area contributed by atoms with Gasteiger partial charge >= 0.3 is 5.97 Å². The molecular weight excluding hydrogens is 356 g/mol. The summed E-state index contributed by atoms with van der Waals surface area (Å²) in [4.78, 5) is 35.9. The second-order valence-corrected chi connectivity index (χ2v) is 5.54. The second-order valence-electron chi connectivity index (χ2n) is 5.54. The van der Waals surface area contributed by atoms with E-state index >= 15 is 0 Å². The van der Waals surface area contributed by atoms with Gasteiger partial charge < -0.3 is 29.6 Å². The summed E-state index contributed by atoms with van der Waals surface area (Å²) in [6.07, 6.45) is 0.789. The number of methoxy groups -OCH3 is 3. The maximum atomic E-state index is 12.3. The first-order valence-corrected chi connectivity index (χ1v) is 8.42. The van der Waals surface area contributed by atoms with Gasteiger partial charge in [-0.2, -0.15) is 0 Å². The van der Waals surface area contributed by atoms with Crippen molar-refractivity contribution in [3.63, 3.8) is 0 Å². The maximum absolute atomic E-state index is 12.3. The molecule has 0 radical (unpaired) electrons. The van der Waals surface area contributed by atoms with Crippen LogP contribution in [0.2, 0.25) is 0 Å². The molecule has 0 aromatic heterocycles. The molecule has 9 nitrogen and oxygen atoms in total. The summed E-state index contributed by atoms with van der Waals surface area (Å²) in [6.45, 7) is 3.45. The van der Waals surface area contributed by atoms with E-state index in [-0.39, 0.29) is 23.0 Å². The molecule has 0 aliphatic heterocycles. The van der Waals surface area contributed by atoms with Crippen LogP contribution in [0.1, 0.15) is 30.6 Å². The van der Waals surface area contributed by atoms with Gasteiger partial charge in [-0.05, 0) is 25.5 Å². The van der Waals surface area contributed by atoms with Gasteiger partial charge in [-0.3, -0.25) is 9.59 Å². The first-order valence-electron chi connectivity index (χ1n) is 8.42. The molecule has 0 heterocycles. The van der Waals surface area contributed by atoms with Gasteiger partial charge in [0.2, 0.25) is 11.7 Å². The van der Waals surface area contributed by atoms with E-state index in [9.17, 15) is 14.4 Å². The Morgan fingerprint density at radius 3 is 2.26 bits per heavy atom. The van der Waals surface area contributed by atoms with Crippen LogP contribution < -0.4 is 24.8 Å². The summed E-state index contributed by atoms with van der Waals surface area (Å²) in [5.41, 5.74) is 0.0803. The molecule has 2 N–H and O–H groups in total. The summed E-state index contributed by atoms with van der Waals surface area (Å²) in [6, 6.07) is 2.23. The number of carbonyl (C=O) groups excluding carboxylic acids is 3.